The van der Waals surface area contributed by atoms with Gasteiger partial charge in [-0.3, -0.25) is 4.79 Å². The van der Waals surface area contributed by atoms with E-state index in [1.165, 1.54) is 17.3 Å². The van der Waals surface area contributed by atoms with Gasteiger partial charge in [0.05, 0.1) is 5.75 Å². The van der Waals surface area contributed by atoms with Gasteiger partial charge in [0, 0.05) is 39.1 Å². The Balaban J connectivity index is 1.51. The van der Waals surface area contributed by atoms with Crippen LogP contribution < -0.4 is 5.32 Å². The highest BCUT2D eigenvalue weighted by molar-refractivity contribution is 9.10. The second kappa shape index (κ2) is 8.24. The summed E-state index contributed by atoms with van der Waals surface area (Å²) < 4.78 is 8.26. The van der Waals surface area contributed by atoms with E-state index in [0.717, 1.165) is 26.8 Å². The zero-order valence-electron chi connectivity index (χ0n) is 15.2. The summed E-state index contributed by atoms with van der Waals surface area (Å²) in [7, 11) is 0. The van der Waals surface area contributed by atoms with Crippen molar-refractivity contribution in [2.75, 3.05) is 11.1 Å². The standard InChI is InChI=1S/C21H18BrN3O2S/c1-14-9-20(24-27-14)23-21(26)13-28-19-12-25(18-8-3-2-7-17(18)19)11-15-5-4-6-16(22)10-15/h2-10,12H,11,13H2,1H3,(H,23,24,26). The lowest BCUT2D eigenvalue weighted by molar-refractivity contribution is -0.113. The Hall–Kier alpha value is -2.51. The minimum absolute atomic E-state index is 0.109. The van der Waals surface area contributed by atoms with E-state index < -0.39 is 0 Å². The van der Waals surface area contributed by atoms with E-state index in [0.29, 0.717) is 17.3 Å². The molecule has 0 fully saturated rings. The van der Waals surface area contributed by atoms with Crippen molar-refractivity contribution in [3.63, 3.8) is 0 Å². The Morgan fingerprint density at radius 3 is 2.86 bits per heavy atom. The minimum Gasteiger partial charge on any atom is -0.360 e. The van der Waals surface area contributed by atoms with Crippen molar-refractivity contribution >= 4 is 50.3 Å². The van der Waals surface area contributed by atoms with Crippen LogP contribution >= 0.6 is 27.7 Å². The number of amides is 1. The van der Waals surface area contributed by atoms with Gasteiger partial charge in [-0.15, -0.1) is 11.8 Å². The van der Waals surface area contributed by atoms with Crippen molar-refractivity contribution in [1.82, 2.24) is 9.72 Å². The maximum atomic E-state index is 12.2. The SMILES string of the molecule is Cc1cc(NC(=O)CSc2cn(Cc3cccc(Br)c3)c3ccccc23)no1. The lowest BCUT2D eigenvalue weighted by Gasteiger charge is -2.06. The van der Waals surface area contributed by atoms with Crippen LogP contribution in [0.1, 0.15) is 11.3 Å². The maximum absolute atomic E-state index is 12.2. The highest BCUT2D eigenvalue weighted by Crippen LogP contribution is 2.31. The van der Waals surface area contributed by atoms with E-state index >= 15 is 0 Å². The molecule has 0 bridgehead atoms. The molecule has 0 saturated heterocycles. The number of hydrogen-bond donors (Lipinski definition) is 1. The molecule has 0 saturated carbocycles. The van der Waals surface area contributed by atoms with Crippen molar-refractivity contribution in [2.24, 2.45) is 0 Å². The number of aryl methyl sites for hydroxylation is 1. The average Bonchev–Trinajstić information content (AvgIpc) is 3.24. The third-order valence-corrected chi connectivity index (χ3v) is 5.78. The van der Waals surface area contributed by atoms with Gasteiger partial charge in [0.1, 0.15) is 5.76 Å². The van der Waals surface area contributed by atoms with E-state index in [-0.39, 0.29) is 5.91 Å². The number of thioether (sulfide) groups is 1. The van der Waals surface area contributed by atoms with Crippen LogP contribution in [0.3, 0.4) is 0 Å². The van der Waals surface area contributed by atoms with Crippen LogP contribution in [-0.4, -0.2) is 21.4 Å². The largest absolute Gasteiger partial charge is 0.360 e. The number of fused-ring (bicyclic) bond motifs is 1. The zero-order chi connectivity index (χ0) is 19.5. The summed E-state index contributed by atoms with van der Waals surface area (Å²) in [5.41, 5.74) is 2.36. The molecule has 0 aliphatic carbocycles. The highest BCUT2D eigenvalue weighted by Gasteiger charge is 2.12. The first-order valence-corrected chi connectivity index (χ1v) is 10.5. The first-order chi connectivity index (χ1) is 13.6. The summed E-state index contributed by atoms with van der Waals surface area (Å²) in [6.45, 7) is 2.56. The van der Waals surface area contributed by atoms with Crippen molar-refractivity contribution in [3.05, 3.63) is 76.6 Å². The van der Waals surface area contributed by atoms with Crippen molar-refractivity contribution in [3.8, 4) is 0 Å². The van der Waals surface area contributed by atoms with Gasteiger partial charge < -0.3 is 14.4 Å². The second-order valence-electron chi connectivity index (χ2n) is 6.43. The van der Waals surface area contributed by atoms with Gasteiger partial charge in [-0.2, -0.15) is 0 Å². The van der Waals surface area contributed by atoms with E-state index in [1.54, 1.807) is 13.0 Å². The molecule has 0 radical (unpaired) electrons. The summed E-state index contributed by atoms with van der Waals surface area (Å²) >= 11 is 5.05. The summed E-state index contributed by atoms with van der Waals surface area (Å²) in [6.07, 6.45) is 2.11. The average molecular weight is 456 g/mol. The molecule has 142 valence electrons. The second-order valence-corrected chi connectivity index (χ2v) is 8.36. The first-order valence-electron chi connectivity index (χ1n) is 8.77. The Morgan fingerprint density at radius 2 is 2.07 bits per heavy atom. The van der Waals surface area contributed by atoms with E-state index in [2.05, 4.69) is 61.4 Å². The molecule has 0 unspecified atom stereocenters. The first kappa shape index (κ1) is 18.8. The van der Waals surface area contributed by atoms with Crippen LogP contribution in [0.4, 0.5) is 5.82 Å². The molecule has 0 aliphatic heterocycles. The third-order valence-electron chi connectivity index (χ3n) is 4.25. The number of rotatable bonds is 6. The predicted octanol–water partition coefficient (Wildman–Crippen LogP) is 5.48. The molecule has 2 aromatic carbocycles. The molecule has 28 heavy (non-hydrogen) atoms. The molecule has 0 spiro atoms. The number of carbonyl (C=O) groups is 1. The van der Waals surface area contributed by atoms with Gasteiger partial charge in [-0.1, -0.05) is 51.4 Å². The molecule has 5 nitrogen and oxygen atoms in total. The zero-order valence-corrected chi connectivity index (χ0v) is 17.6. The van der Waals surface area contributed by atoms with E-state index in [4.69, 9.17) is 4.52 Å². The fourth-order valence-corrected chi connectivity index (χ4v) is 4.37. The maximum Gasteiger partial charge on any atom is 0.235 e. The predicted molar refractivity (Wildman–Crippen MR) is 116 cm³/mol. The van der Waals surface area contributed by atoms with Crippen LogP contribution in [0.5, 0.6) is 0 Å². The molecule has 7 heteroatoms. The topological polar surface area (TPSA) is 60.1 Å². The molecule has 2 heterocycles. The van der Waals surface area contributed by atoms with Crippen LogP contribution in [0.15, 0.2) is 74.7 Å². The number of aromatic nitrogens is 2. The van der Waals surface area contributed by atoms with Crippen LogP contribution in [0.2, 0.25) is 0 Å². The number of anilines is 1. The Labute approximate surface area is 175 Å². The van der Waals surface area contributed by atoms with Gasteiger partial charge in [-0.25, -0.2) is 0 Å². The van der Waals surface area contributed by atoms with Gasteiger partial charge in [0.15, 0.2) is 5.82 Å². The smallest absolute Gasteiger partial charge is 0.235 e. The normalized spacial score (nSPS) is 11.1. The van der Waals surface area contributed by atoms with Crippen molar-refractivity contribution in [2.45, 2.75) is 18.4 Å². The monoisotopic (exact) mass is 455 g/mol. The van der Waals surface area contributed by atoms with E-state index in [1.807, 2.05) is 24.3 Å². The molecule has 4 aromatic rings. The number of hydrogen-bond acceptors (Lipinski definition) is 4. The minimum atomic E-state index is -0.109. The molecule has 0 atom stereocenters. The van der Waals surface area contributed by atoms with Crippen molar-refractivity contribution < 1.29 is 9.32 Å². The molecule has 2 aromatic heterocycles. The molecule has 0 aliphatic rings. The number of halogens is 1. The number of nitrogens with one attached hydrogen (secondary N) is 1. The Morgan fingerprint density at radius 1 is 1.21 bits per heavy atom. The lowest BCUT2D eigenvalue weighted by atomic mass is 10.2. The summed E-state index contributed by atoms with van der Waals surface area (Å²) in [5.74, 6) is 1.30. The fourth-order valence-electron chi connectivity index (χ4n) is 3.04. The van der Waals surface area contributed by atoms with Crippen molar-refractivity contribution in [1.29, 1.82) is 0 Å². The number of para-hydroxylation sites is 1. The molecule has 4 rings (SSSR count). The molecule has 1 amide bonds. The highest BCUT2D eigenvalue weighted by atomic mass is 79.9. The van der Waals surface area contributed by atoms with Gasteiger partial charge in [0.25, 0.3) is 0 Å². The quantitative estimate of drug-likeness (QED) is 0.391. The molecular weight excluding hydrogens is 438 g/mol. The van der Waals surface area contributed by atoms with Gasteiger partial charge >= 0.3 is 0 Å². The summed E-state index contributed by atoms with van der Waals surface area (Å²) in [4.78, 5) is 13.3. The Kier molecular flexibility index (Phi) is 5.54. The van der Waals surface area contributed by atoms with E-state index in [9.17, 15) is 4.79 Å². The molecular formula is C21H18BrN3O2S. The third kappa shape index (κ3) is 4.31. The summed E-state index contributed by atoms with van der Waals surface area (Å²) in [6, 6.07) is 18.2. The Bertz CT molecular complexity index is 1140. The van der Waals surface area contributed by atoms with Crippen LogP contribution in [0, 0.1) is 6.92 Å². The molecule has 1 N–H and O–H groups in total. The number of carbonyl (C=O) groups excluding carboxylic acids is 1. The number of benzene rings is 2. The fraction of sp³-hybridized carbons (Fsp3) is 0.143. The number of nitrogens with zero attached hydrogens (tertiary/aromatic N) is 2. The van der Waals surface area contributed by atoms with Crippen LogP contribution in [-0.2, 0) is 11.3 Å². The van der Waals surface area contributed by atoms with Gasteiger partial charge in [-0.05, 0) is 30.7 Å². The summed E-state index contributed by atoms with van der Waals surface area (Å²) in [5, 5.41) is 7.70. The van der Waals surface area contributed by atoms with Crippen LogP contribution in [0.25, 0.3) is 10.9 Å². The lowest BCUT2D eigenvalue weighted by Crippen LogP contribution is -2.14. The van der Waals surface area contributed by atoms with Gasteiger partial charge in [0.2, 0.25) is 5.91 Å².